The first-order chi connectivity index (χ1) is 10.6. The fourth-order valence-corrected chi connectivity index (χ4v) is 4.72. The first kappa shape index (κ1) is 15.6. The van der Waals surface area contributed by atoms with Crippen LogP contribution in [0.3, 0.4) is 0 Å². The molecule has 1 saturated carbocycles. The molecule has 1 aliphatic rings. The number of rotatable bonds is 3. The van der Waals surface area contributed by atoms with E-state index in [-0.39, 0.29) is 17.7 Å². The van der Waals surface area contributed by atoms with Crippen molar-refractivity contribution < 1.29 is 14.3 Å². The third-order valence-corrected chi connectivity index (χ3v) is 5.94. The molecule has 1 fully saturated rings. The molecule has 0 amide bonds. The van der Waals surface area contributed by atoms with E-state index in [0.717, 1.165) is 39.3 Å². The van der Waals surface area contributed by atoms with Crippen molar-refractivity contribution in [1.82, 2.24) is 4.98 Å². The second kappa shape index (κ2) is 6.46. The van der Waals surface area contributed by atoms with E-state index in [1.807, 2.05) is 0 Å². The number of carboxylic acids is 1. The highest BCUT2D eigenvalue weighted by Crippen LogP contribution is 2.43. The Hall–Kier alpha value is -1.27. The molecule has 1 aromatic carbocycles. The van der Waals surface area contributed by atoms with Crippen molar-refractivity contribution in [2.75, 3.05) is 0 Å². The lowest BCUT2D eigenvalue weighted by atomic mass is 9.78. The lowest BCUT2D eigenvalue weighted by molar-refractivity contribution is -0.143. The van der Waals surface area contributed by atoms with Gasteiger partial charge in [0.2, 0.25) is 0 Å². The molecule has 0 aliphatic heterocycles. The SMILES string of the molecule is O=C(O)C1CCCCC1c1nc(-c2ccc(F)cc2)sc1Br. The number of hydrogen-bond donors (Lipinski definition) is 1. The second-order valence-electron chi connectivity index (χ2n) is 5.52. The molecule has 1 heterocycles. The maximum atomic E-state index is 13.0. The third-order valence-electron chi connectivity index (χ3n) is 4.14. The van der Waals surface area contributed by atoms with E-state index in [0.29, 0.717) is 6.42 Å². The van der Waals surface area contributed by atoms with Crippen molar-refractivity contribution in [2.45, 2.75) is 31.6 Å². The summed E-state index contributed by atoms with van der Waals surface area (Å²) < 4.78 is 13.9. The maximum absolute atomic E-state index is 13.0. The number of carboxylic acid groups (broad SMARTS) is 1. The van der Waals surface area contributed by atoms with Gasteiger partial charge in [0.15, 0.2) is 0 Å². The first-order valence-corrected chi connectivity index (χ1v) is 8.82. The minimum atomic E-state index is -0.743. The van der Waals surface area contributed by atoms with Crippen molar-refractivity contribution in [3.05, 3.63) is 39.6 Å². The van der Waals surface area contributed by atoms with E-state index >= 15 is 0 Å². The van der Waals surface area contributed by atoms with E-state index in [1.165, 1.54) is 23.5 Å². The summed E-state index contributed by atoms with van der Waals surface area (Å²) in [7, 11) is 0. The van der Waals surface area contributed by atoms with Crippen LogP contribution in [-0.2, 0) is 4.79 Å². The van der Waals surface area contributed by atoms with Crippen molar-refractivity contribution in [2.24, 2.45) is 5.92 Å². The Labute approximate surface area is 140 Å². The van der Waals surface area contributed by atoms with E-state index in [2.05, 4.69) is 20.9 Å². The van der Waals surface area contributed by atoms with Crippen molar-refractivity contribution in [3.63, 3.8) is 0 Å². The fraction of sp³-hybridized carbons (Fsp3) is 0.375. The predicted octanol–water partition coefficient (Wildman–Crippen LogP) is 5.07. The molecule has 116 valence electrons. The Balaban J connectivity index is 1.94. The largest absolute Gasteiger partial charge is 0.481 e. The van der Waals surface area contributed by atoms with Gasteiger partial charge in [-0.25, -0.2) is 9.37 Å². The average molecular weight is 384 g/mol. The summed E-state index contributed by atoms with van der Waals surface area (Å²) in [6.45, 7) is 0. The molecular formula is C16H15BrFNO2S. The number of aromatic nitrogens is 1. The lowest BCUT2D eigenvalue weighted by Gasteiger charge is -2.27. The van der Waals surface area contributed by atoms with Crippen LogP contribution in [0, 0.1) is 11.7 Å². The number of benzene rings is 1. The van der Waals surface area contributed by atoms with Crippen LogP contribution in [-0.4, -0.2) is 16.1 Å². The Kier molecular flexibility index (Phi) is 4.59. The standard InChI is InChI=1S/C16H15BrFNO2S/c17-14-13(11-3-1-2-4-12(11)16(20)21)19-15(22-14)9-5-7-10(18)8-6-9/h5-8,11-12H,1-4H2,(H,20,21). The number of nitrogens with zero attached hydrogens (tertiary/aromatic N) is 1. The van der Waals surface area contributed by atoms with Gasteiger partial charge < -0.3 is 5.11 Å². The molecule has 1 aliphatic carbocycles. The zero-order valence-corrected chi connectivity index (χ0v) is 14.2. The van der Waals surface area contributed by atoms with E-state index in [4.69, 9.17) is 0 Å². The third kappa shape index (κ3) is 3.08. The summed E-state index contributed by atoms with van der Waals surface area (Å²) in [6.07, 6.45) is 3.54. The number of thiazole rings is 1. The van der Waals surface area contributed by atoms with Crippen molar-refractivity contribution in [3.8, 4) is 10.6 Å². The molecule has 6 heteroatoms. The van der Waals surface area contributed by atoms with E-state index in [1.54, 1.807) is 12.1 Å². The minimum Gasteiger partial charge on any atom is -0.481 e. The Morgan fingerprint density at radius 2 is 1.95 bits per heavy atom. The number of halogens is 2. The van der Waals surface area contributed by atoms with Crippen LogP contribution in [0.2, 0.25) is 0 Å². The van der Waals surface area contributed by atoms with Gasteiger partial charge in [-0.15, -0.1) is 11.3 Å². The molecule has 0 bridgehead atoms. The van der Waals surface area contributed by atoms with Gasteiger partial charge in [0, 0.05) is 11.5 Å². The van der Waals surface area contributed by atoms with Crippen LogP contribution in [0.15, 0.2) is 28.1 Å². The summed E-state index contributed by atoms with van der Waals surface area (Å²) in [5, 5.41) is 10.2. The van der Waals surface area contributed by atoms with Gasteiger partial charge in [-0.1, -0.05) is 12.8 Å². The summed E-state index contributed by atoms with van der Waals surface area (Å²) in [5.74, 6) is -1.44. The summed E-state index contributed by atoms with van der Waals surface area (Å²) >= 11 is 5.00. The smallest absolute Gasteiger partial charge is 0.307 e. The second-order valence-corrected chi connectivity index (χ2v) is 7.84. The molecule has 0 radical (unpaired) electrons. The molecular weight excluding hydrogens is 369 g/mol. The zero-order chi connectivity index (χ0) is 15.7. The molecule has 2 aromatic rings. The Morgan fingerprint density at radius 1 is 1.27 bits per heavy atom. The topological polar surface area (TPSA) is 50.2 Å². The highest BCUT2D eigenvalue weighted by molar-refractivity contribution is 9.11. The molecule has 2 atom stereocenters. The quantitative estimate of drug-likeness (QED) is 0.804. The zero-order valence-electron chi connectivity index (χ0n) is 11.8. The van der Waals surface area contributed by atoms with Crippen LogP contribution >= 0.6 is 27.3 Å². The summed E-state index contributed by atoms with van der Waals surface area (Å²) in [5.41, 5.74) is 1.68. The molecule has 3 rings (SSSR count). The average Bonchev–Trinajstić information content (AvgIpc) is 2.89. The monoisotopic (exact) mass is 383 g/mol. The lowest BCUT2D eigenvalue weighted by Crippen LogP contribution is -2.25. The highest BCUT2D eigenvalue weighted by atomic mass is 79.9. The van der Waals surface area contributed by atoms with Gasteiger partial charge in [0.05, 0.1) is 15.4 Å². The number of hydrogen-bond acceptors (Lipinski definition) is 3. The van der Waals surface area contributed by atoms with Crippen LogP contribution in [0.25, 0.3) is 10.6 Å². The Morgan fingerprint density at radius 3 is 2.64 bits per heavy atom. The summed E-state index contributed by atoms with van der Waals surface area (Å²) in [4.78, 5) is 16.1. The fourth-order valence-electron chi connectivity index (χ4n) is 3.01. The molecule has 22 heavy (non-hydrogen) atoms. The number of carbonyl (C=O) groups is 1. The van der Waals surface area contributed by atoms with Gasteiger partial charge in [0.25, 0.3) is 0 Å². The van der Waals surface area contributed by atoms with Crippen LogP contribution in [0.4, 0.5) is 4.39 Å². The molecule has 2 unspecified atom stereocenters. The van der Waals surface area contributed by atoms with Crippen LogP contribution in [0.5, 0.6) is 0 Å². The molecule has 1 aromatic heterocycles. The predicted molar refractivity (Wildman–Crippen MR) is 87.5 cm³/mol. The number of aliphatic carboxylic acids is 1. The Bertz CT molecular complexity index is 686. The van der Waals surface area contributed by atoms with Crippen LogP contribution < -0.4 is 0 Å². The van der Waals surface area contributed by atoms with Gasteiger partial charge in [0.1, 0.15) is 10.8 Å². The van der Waals surface area contributed by atoms with Crippen molar-refractivity contribution >= 4 is 33.2 Å². The highest BCUT2D eigenvalue weighted by Gasteiger charge is 2.35. The first-order valence-electron chi connectivity index (χ1n) is 7.21. The normalized spacial score (nSPS) is 21.7. The van der Waals surface area contributed by atoms with E-state index < -0.39 is 5.97 Å². The molecule has 0 saturated heterocycles. The molecule has 1 N–H and O–H groups in total. The van der Waals surface area contributed by atoms with Crippen LogP contribution in [0.1, 0.15) is 37.3 Å². The van der Waals surface area contributed by atoms with Gasteiger partial charge >= 0.3 is 5.97 Å². The maximum Gasteiger partial charge on any atom is 0.307 e. The van der Waals surface area contributed by atoms with Crippen molar-refractivity contribution in [1.29, 1.82) is 0 Å². The molecule has 3 nitrogen and oxygen atoms in total. The van der Waals surface area contributed by atoms with Gasteiger partial charge in [-0.2, -0.15) is 0 Å². The minimum absolute atomic E-state index is 0.0499. The van der Waals surface area contributed by atoms with Gasteiger partial charge in [-0.05, 0) is 53.0 Å². The van der Waals surface area contributed by atoms with E-state index in [9.17, 15) is 14.3 Å². The summed E-state index contributed by atoms with van der Waals surface area (Å²) in [6, 6.07) is 6.20. The van der Waals surface area contributed by atoms with Gasteiger partial charge in [-0.3, -0.25) is 4.79 Å². The molecule has 0 spiro atoms.